The zero-order valence-electron chi connectivity index (χ0n) is 19.0. The van der Waals surface area contributed by atoms with E-state index in [1.807, 2.05) is 7.11 Å². The van der Waals surface area contributed by atoms with Gasteiger partial charge in [0.25, 0.3) is 0 Å². The van der Waals surface area contributed by atoms with Crippen LogP contribution in [0, 0.1) is 46.3 Å². The molecule has 0 aromatic heterocycles. The van der Waals surface area contributed by atoms with Gasteiger partial charge in [-0.2, -0.15) is 0 Å². The number of hydrogen-bond donors (Lipinski definition) is 0. The van der Waals surface area contributed by atoms with E-state index >= 15 is 0 Å². The van der Waals surface area contributed by atoms with Gasteiger partial charge < -0.3 is 4.74 Å². The third-order valence-corrected chi connectivity index (χ3v) is 10.7. The molecule has 5 aliphatic rings. The number of fused-ring (bicyclic) bond motifs is 4. The summed E-state index contributed by atoms with van der Waals surface area (Å²) in [5.41, 5.74) is 3.06. The molecule has 158 valence electrons. The van der Waals surface area contributed by atoms with Crippen LogP contribution in [-0.2, 0) is 4.74 Å². The Morgan fingerprint density at radius 2 is 1.89 bits per heavy atom. The van der Waals surface area contributed by atoms with Crippen molar-refractivity contribution in [3.8, 4) is 0 Å². The van der Waals surface area contributed by atoms with Gasteiger partial charge in [-0.3, -0.25) is 0 Å². The summed E-state index contributed by atoms with van der Waals surface area (Å²) in [4.78, 5) is 0. The second-order valence-corrected chi connectivity index (χ2v) is 12.1. The van der Waals surface area contributed by atoms with Gasteiger partial charge in [0, 0.05) is 7.11 Å². The van der Waals surface area contributed by atoms with Crippen molar-refractivity contribution in [3.63, 3.8) is 0 Å². The van der Waals surface area contributed by atoms with Crippen molar-refractivity contribution in [2.24, 2.45) is 46.3 Å². The van der Waals surface area contributed by atoms with E-state index in [4.69, 9.17) is 4.74 Å². The van der Waals surface area contributed by atoms with Gasteiger partial charge in [-0.15, -0.1) is 0 Å². The van der Waals surface area contributed by atoms with E-state index in [0.29, 0.717) is 11.5 Å². The lowest BCUT2D eigenvalue weighted by atomic mass is 9.41. The van der Waals surface area contributed by atoms with E-state index in [-0.39, 0.29) is 0 Å². The highest BCUT2D eigenvalue weighted by Crippen LogP contribution is 2.74. The van der Waals surface area contributed by atoms with Crippen molar-refractivity contribution >= 4 is 0 Å². The van der Waals surface area contributed by atoms with Crippen molar-refractivity contribution in [1.82, 2.24) is 0 Å². The summed E-state index contributed by atoms with van der Waals surface area (Å²) >= 11 is 0. The minimum atomic E-state index is 0.486. The summed E-state index contributed by atoms with van der Waals surface area (Å²) in [6, 6.07) is 0. The first-order chi connectivity index (χ1) is 13.5. The largest absolute Gasteiger partial charge is 0.381 e. The first-order valence-corrected chi connectivity index (χ1v) is 12.7. The Morgan fingerprint density at radius 1 is 1.07 bits per heavy atom. The highest BCUT2D eigenvalue weighted by Gasteiger charge is 2.65. The molecule has 0 radical (unpaired) electrons. The van der Waals surface area contributed by atoms with Gasteiger partial charge in [-0.05, 0) is 104 Å². The lowest BCUT2D eigenvalue weighted by Gasteiger charge is -2.64. The van der Waals surface area contributed by atoms with Crippen LogP contribution in [0.15, 0.2) is 11.6 Å². The minimum absolute atomic E-state index is 0.486. The molecule has 4 fully saturated rings. The quantitative estimate of drug-likeness (QED) is 0.448. The van der Waals surface area contributed by atoms with Crippen molar-refractivity contribution in [3.05, 3.63) is 11.6 Å². The van der Waals surface area contributed by atoms with Crippen LogP contribution in [0.2, 0.25) is 0 Å². The predicted molar refractivity (Wildman–Crippen MR) is 117 cm³/mol. The molecule has 5 rings (SSSR count). The molecule has 8 atom stereocenters. The molecule has 28 heavy (non-hydrogen) atoms. The zero-order chi connectivity index (χ0) is 19.5. The Labute approximate surface area is 174 Å². The Bertz CT molecular complexity index is 620. The Morgan fingerprint density at radius 3 is 2.68 bits per heavy atom. The third kappa shape index (κ3) is 2.81. The van der Waals surface area contributed by atoms with Gasteiger partial charge in [0.15, 0.2) is 0 Å². The number of hydrogen-bond acceptors (Lipinski definition) is 1. The monoisotopic (exact) mass is 384 g/mol. The molecule has 0 bridgehead atoms. The smallest absolute Gasteiger partial charge is 0.0608 e. The van der Waals surface area contributed by atoms with Crippen LogP contribution in [0.25, 0.3) is 0 Å². The molecule has 1 spiro atoms. The first-order valence-electron chi connectivity index (χ1n) is 12.7. The number of methoxy groups -OCH3 is 1. The molecule has 0 aromatic carbocycles. The van der Waals surface area contributed by atoms with E-state index in [0.717, 1.165) is 40.9 Å². The standard InChI is InChI=1S/C27H44O/c1-18(2)6-5-7-19-17-27-15-13-24-22(25(27)11-10-23(19)27)9-8-20-16-21(28-4)12-14-26(20,24)3/h8,18-19,21-25H,5-7,9-17H2,1-4H3/t19-,21-,22?,23?,24?,25?,26-,27-/m0/s1. The Kier molecular flexibility index (Phi) is 5.01. The van der Waals surface area contributed by atoms with Gasteiger partial charge in [0.1, 0.15) is 0 Å². The first kappa shape index (κ1) is 19.7. The fourth-order valence-electron chi connectivity index (χ4n) is 9.35. The fraction of sp³-hybridized carbons (Fsp3) is 0.926. The number of rotatable bonds is 5. The second kappa shape index (κ2) is 7.14. The van der Waals surface area contributed by atoms with Gasteiger partial charge in [0.2, 0.25) is 0 Å². The van der Waals surface area contributed by atoms with Crippen molar-refractivity contribution in [2.45, 2.75) is 104 Å². The third-order valence-electron chi connectivity index (χ3n) is 10.7. The molecule has 0 heterocycles. The molecular weight excluding hydrogens is 340 g/mol. The summed E-state index contributed by atoms with van der Waals surface area (Å²) in [6.45, 7) is 7.42. The van der Waals surface area contributed by atoms with E-state index in [2.05, 4.69) is 26.8 Å². The summed E-state index contributed by atoms with van der Waals surface area (Å²) in [6.07, 6.45) is 20.7. The summed E-state index contributed by atoms with van der Waals surface area (Å²) in [5, 5.41) is 0. The maximum Gasteiger partial charge on any atom is 0.0608 e. The van der Waals surface area contributed by atoms with E-state index in [9.17, 15) is 0 Å². The summed E-state index contributed by atoms with van der Waals surface area (Å²) in [5.74, 6) is 6.11. The van der Waals surface area contributed by atoms with Crippen LogP contribution in [0.3, 0.4) is 0 Å². The van der Waals surface area contributed by atoms with E-state index in [1.165, 1.54) is 51.4 Å². The Hall–Kier alpha value is -0.300. The average molecular weight is 385 g/mol. The maximum atomic E-state index is 5.75. The SMILES string of the molecule is CO[C@H]1CC[C@@]2(C)C(=CCC3C4CCC5[C@@H](CCCC(C)C)C[C@]45CCC32)C1. The molecule has 5 aliphatic carbocycles. The normalized spacial score (nSPS) is 49.5. The van der Waals surface area contributed by atoms with Crippen LogP contribution in [0.5, 0.6) is 0 Å². The molecule has 4 unspecified atom stereocenters. The number of allylic oxidation sites excluding steroid dienone is 1. The zero-order valence-corrected chi connectivity index (χ0v) is 19.0. The molecular formula is C27H44O. The topological polar surface area (TPSA) is 9.23 Å². The Balaban J connectivity index is 1.29. The number of ether oxygens (including phenoxy) is 1. The molecule has 4 saturated carbocycles. The van der Waals surface area contributed by atoms with E-state index in [1.54, 1.807) is 31.3 Å². The van der Waals surface area contributed by atoms with Gasteiger partial charge in [-0.1, -0.05) is 51.7 Å². The molecule has 0 aromatic rings. The predicted octanol–water partition coefficient (Wildman–Crippen LogP) is 7.41. The molecule has 0 N–H and O–H groups in total. The van der Waals surface area contributed by atoms with Crippen LogP contribution >= 0.6 is 0 Å². The molecule has 1 nitrogen and oxygen atoms in total. The lowest BCUT2D eigenvalue weighted by Crippen LogP contribution is -2.56. The van der Waals surface area contributed by atoms with Crippen LogP contribution < -0.4 is 0 Å². The second-order valence-electron chi connectivity index (χ2n) is 12.1. The molecule has 0 aliphatic heterocycles. The highest BCUT2D eigenvalue weighted by molar-refractivity contribution is 5.26. The molecule has 1 heteroatoms. The van der Waals surface area contributed by atoms with Crippen LogP contribution in [0.4, 0.5) is 0 Å². The van der Waals surface area contributed by atoms with Crippen molar-refractivity contribution in [2.75, 3.05) is 7.11 Å². The van der Waals surface area contributed by atoms with Crippen molar-refractivity contribution < 1.29 is 4.74 Å². The average Bonchev–Trinajstić information content (AvgIpc) is 2.97. The highest BCUT2D eigenvalue weighted by atomic mass is 16.5. The molecule has 0 saturated heterocycles. The lowest BCUT2D eigenvalue weighted by molar-refractivity contribution is -0.132. The van der Waals surface area contributed by atoms with Gasteiger partial charge >= 0.3 is 0 Å². The van der Waals surface area contributed by atoms with Crippen LogP contribution in [0.1, 0.15) is 97.8 Å². The minimum Gasteiger partial charge on any atom is -0.381 e. The molecule has 0 amide bonds. The summed E-state index contributed by atoms with van der Waals surface area (Å²) < 4.78 is 5.75. The van der Waals surface area contributed by atoms with Crippen molar-refractivity contribution in [1.29, 1.82) is 0 Å². The van der Waals surface area contributed by atoms with Gasteiger partial charge in [0.05, 0.1) is 6.10 Å². The summed E-state index contributed by atoms with van der Waals surface area (Å²) in [7, 11) is 1.91. The van der Waals surface area contributed by atoms with E-state index < -0.39 is 0 Å². The maximum absolute atomic E-state index is 5.75. The fourth-order valence-corrected chi connectivity index (χ4v) is 9.35. The van der Waals surface area contributed by atoms with Crippen LogP contribution in [-0.4, -0.2) is 13.2 Å². The van der Waals surface area contributed by atoms with Gasteiger partial charge in [-0.25, -0.2) is 0 Å².